The maximum absolute atomic E-state index is 13.4. The number of carbonyl (C=O) groups excluding carboxylic acids is 2. The number of benzene rings is 3. The van der Waals surface area contributed by atoms with Gasteiger partial charge in [-0.05, 0) is 34.5 Å². The van der Waals surface area contributed by atoms with Crippen molar-refractivity contribution in [1.82, 2.24) is 5.32 Å². The smallest absolute Gasteiger partial charge is 0.328 e. The predicted molar refractivity (Wildman–Crippen MR) is 97.3 cm³/mol. The highest BCUT2D eigenvalue weighted by Gasteiger charge is 2.23. The molecule has 4 nitrogen and oxygen atoms in total. The zero-order valence-electron chi connectivity index (χ0n) is 14.2. The summed E-state index contributed by atoms with van der Waals surface area (Å²) in [4.78, 5) is 24.9. The third-order valence-electron chi connectivity index (χ3n) is 4.15. The molecule has 0 aliphatic heterocycles. The maximum atomic E-state index is 13.4. The first-order valence-corrected chi connectivity index (χ1v) is 8.19. The fraction of sp³-hybridized carbons (Fsp3) is 0.143. The van der Waals surface area contributed by atoms with E-state index in [1.165, 1.54) is 19.2 Å². The van der Waals surface area contributed by atoms with E-state index >= 15 is 0 Å². The van der Waals surface area contributed by atoms with Gasteiger partial charge in [-0.1, -0.05) is 48.5 Å². The second-order valence-corrected chi connectivity index (χ2v) is 5.91. The number of amides is 1. The Bertz CT molecular complexity index is 949. The first-order chi connectivity index (χ1) is 12.6. The number of ether oxygens (including phenoxy) is 1. The molecule has 0 aliphatic rings. The number of nitrogens with one attached hydrogen (secondary N) is 1. The van der Waals surface area contributed by atoms with Gasteiger partial charge in [-0.3, -0.25) is 4.79 Å². The van der Waals surface area contributed by atoms with E-state index in [0.717, 1.165) is 10.8 Å². The highest BCUT2D eigenvalue weighted by atomic mass is 19.1. The molecule has 3 rings (SSSR count). The molecule has 5 heteroatoms. The van der Waals surface area contributed by atoms with Crippen LogP contribution in [0.1, 0.15) is 15.9 Å². The lowest BCUT2D eigenvalue weighted by atomic mass is 10.0. The molecule has 1 amide bonds. The number of hydrogen-bond acceptors (Lipinski definition) is 3. The second kappa shape index (κ2) is 7.78. The molecule has 0 aromatic heterocycles. The minimum absolute atomic E-state index is 0.140. The molecule has 0 saturated carbocycles. The second-order valence-electron chi connectivity index (χ2n) is 5.91. The Morgan fingerprint density at radius 1 is 1.04 bits per heavy atom. The van der Waals surface area contributed by atoms with Gasteiger partial charge in [0.05, 0.1) is 7.11 Å². The molecular formula is C21H18FNO3. The van der Waals surface area contributed by atoms with E-state index in [4.69, 9.17) is 4.74 Å². The van der Waals surface area contributed by atoms with Crippen LogP contribution in [0.4, 0.5) is 4.39 Å². The van der Waals surface area contributed by atoms with Gasteiger partial charge in [0.1, 0.15) is 11.9 Å². The summed E-state index contributed by atoms with van der Waals surface area (Å²) < 4.78 is 18.2. The minimum atomic E-state index is -0.909. The van der Waals surface area contributed by atoms with Crippen LogP contribution in [0.2, 0.25) is 0 Å². The zero-order valence-corrected chi connectivity index (χ0v) is 14.2. The molecule has 0 radical (unpaired) electrons. The molecule has 0 unspecified atom stereocenters. The van der Waals surface area contributed by atoms with Crippen molar-refractivity contribution < 1.29 is 18.7 Å². The van der Waals surface area contributed by atoms with E-state index in [1.54, 1.807) is 24.3 Å². The van der Waals surface area contributed by atoms with Crippen molar-refractivity contribution in [2.24, 2.45) is 0 Å². The number of halogens is 1. The Hall–Kier alpha value is -3.21. The topological polar surface area (TPSA) is 55.4 Å². The molecule has 0 bridgehead atoms. The van der Waals surface area contributed by atoms with Gasteiger partial charge in [-0.25, -0.2) is 9.18 Å². The predicted octanol–water partition coefficient (Wildman–Crippen LogP) is 3.49. The lowest BCUT2D eigenvalue weighted by molar-refractivity contribution is -0.142. The van der Waals surface area contributed by atoms with E-state index in [0.29, 0.717) is 11.1 Å². The molecule has 3 aromatic carbocycles. The van der Waals surface area contributed by atoms with Gasteiger partial charge in [0.2, 0.25) is 0 Å². The Morgan fingerprint density at radius 2 is 1.77 bits per heavy atom. The van der Waals surface area contributed by atoms with Crippen molar-refractivity contribution >= 4 is 22.6 Å². The van der Waals surface area contributed by atoms with Crippen LogP contribution in [0, 0.1) is 5.82 Å². The van der Waals surface area contributed by atoms with Crippen LogP contribution < -0.4 is 5.32 Å². The van der Waals surface area contributed by atoms with Crippen LogP contribution in [0.5, 0.6) is 0 Å². The van der Waals surface area contributed by atoms with Gasteiger partial charge in [0.15, 0.2) is 0 Å². The molecule has 1 atom stereocenters. The van der Waals surface area contributed by atoms with E-state index < -0.39 is 17.8 Å². The molecule has 0 aliphatic carbocycles. The fourth-order valence-electron chi connectivity index (χ4n) is 2.89. The van der Waals surface area contributed by atoms with Gasteiger partial charge < -0.3 is 10.1 Å². The first-order valence-electron chi connectivity index (χ1n) is 8.19. The van der Waals surface area contributed by atoms with Crippen LogP contribution in [-0.4, -0.2) is 25.0 Å². The summed E-state index contributed by atoms with van der Waals surface area (Å²) in [6.07, 6.45) is 0.140. The van der Waals surface area contributed by atoms with Gasteiger partial charge in [-0.15, -0.1) is 0 Å². The number of carbonyl (C=O) groups is 2. The fourth-order valence-corrected chi connectivity index (χ4v) is 2.89. The summed E-state index contributed by atoms with van der Waals surface area (Å²) >= 11 is 0. The van der Waals surface area contributed by atoms with Gasteiger partial charge >= 0.3 is 5.97 Å². The standard InChI is InChI=1S/C21H18FNO3/c1-26-21(25)19(13-14-6-4-9-16(22)12-14)23-20(24)18-11-5-8-15-7-2-3-10-17(15)18/h2-12,19H,13H2,1H3,(H,23,24)/t19-/m0/s1. The van der Waals surface area contributed by atoms with Crippen LogP contribution in [0.3, 0.4) is 0 Å². The van der Waals surface area contributed by atoms with E-state index in [9.17, 15) is 14.0 Å². The highest BCUT2D eigenvalue weighted by molar-refractivity contribution is 6.08. The largest absolute Gasteiger partial charge is 0.467 e. The number of hydrogen-bond donors (Lipinski definition) is 1. The van der Waals surface area contributed by atoms with Crippen molar-refractivity contribution in [1.29, 1.82) is 0 Å². The highest BCUT2D eigenvalue weighted by Crippen LogP contribution is 2.19. The summed E-state index contributed by atoms with van der Waals surface area (Å²) in [5.74, 6) is -1.36. The molecule has 132 valence electrons. The lowest BCUT2D eigenvalue weighted by Crippen LogP contribution is -2.43. The number of rotatable bonds is 5. The first kappa shape index (κ1) is 17.6. The summed E-state index contributed by atoms with van der Waals surface area (Å²) in [7, 11) is 1.25. The quantitative estimate of drug-likeness (QED) is 0.716. The van der Waals surface area contributed by atoms with Crippen LogP contribution in [-0.2, 0) is 16.0 Å². The number of fused-ring (bicyclic) bond motifs is 1. The molecule has 3 aromatic rings. The molecule has 1 N–H and O–H groups in total. The normalized spacial score (nSPS) is 11.8. The molecule has 0 heterocycles. The lowest BCUT2D eigenvalue weighted by Gasteiger charge is -2.17. The van der Waals surface area contributed by atoms with Gasteiger partial charge in [-0.2, -0.15) is 0 Å². The number of methoxy groups -OCH3 is 1. The average Bonchev–Trinajstić information content (AvgIpc) is 2.66. The van der Waals surface area contributed by atoms with E-state index in [2.05, 4.69) is 5.32 Å². The monoisotopic (exact) mass is 351 g/mol. The Morgan fingerprint density at radius 3 is 2.54 bits per heavy atom. The van der Waals surface area contributed by atoms with Crippen molar-refractivity contribution in [3.63, 3.8) is 0 Å². The Labute approximate surface area is 150 Å². The SMILES string of the molecule is COC(=O)[C@H](Cc1cccc(F)c1)NC(=O)c1cccc2ccccc12. The van der Waals surface area contributed by atoms with Crippen LogP contribution in [0.25, 0.3) is 10.8 Å². The van der Waals surface area contributed by atoms with Gasteiger partial charge in [0.25, 0.3) is 5.91 Å². The van der Waals surface area contributed by atoms with Crippen LogP contribution in [0.15, 0.2) is 66.7 Å². The third-order valence-corrected chi connectivity index (χ3v) is 4.15. The van der Waals surface area contributed by atoms with Crippen molar-refractivity contribution in [2.45, 2.75) is 12.5 Å². The Balaban J connectivity index is 1.86. The van der Waals surface area contributed by atoms with Crippen molar-refractivity contribution in [3.05, 3.63) is 83.7 Å². The number of esters is 1. The Kier molecular flexibility index (Phi) is 5.27. The molecule has 26 heavy (non-hydrogen) atoms. The zero-order chi connectivity index (χ0) is 18.5. The summed E-state index contributed by atoms with van der Waals surface area (Å²) in [5, 5.41) is 4.43. The summed E-state index contributed by atoms with van der Waals surface area (Å²) in [6, 6.07) is 17.9. The minimum Gasteiger partial charge on any atom is -0.467 e. The summed E-state index contributed by atoms with van der Waals surface area (Å²) in [6.45, 7) is 0. The maximum Gasteiger partial charge on any atom is 0.328 e. The molecule has 0 spiro atoms. The van der Waals surface area contributed by atoms with Crippen molar-refractivity contribution in [3.8, 4) is 0 Å². The molecular weight excluding hydrogens is 333 g/mol. The molecule has 0 saturated heterocycles. The van der Waals surface area contributed by atoms with Gasteiger partial charge in [0, 0.05) is 12.0 Å². The van der Waals surface area contributed by atoms with Crippen LogP contribution >= 0.6 is 0 Å². The van der Waals surface area contributed by atoms with E-state index in [1.807, 2.05) is 30.3 Å². The molecule has 0 fully saturated rings. The summed E-state index contributed by atoms with van der Waals surface area (Å²) in [5.41, 5.74) is 1.06. The average molecular weight is 351 g/mol. The van der Waals surface area contributed by atoms with Crippen molar-refractivity contribution in [2.75, 3.05) is 7.11 Å². The van der Waals surface area contributed by atoms with E-state index in [-0.39, 0.29) is 12.3 Å². The third kappa shape index (κ3) is 3.88.